The van der Waals surface area contributed by atoms with Gasteiger partial charge in [0.05, 0.1) is 18.6 Å². The van der Waals surface area contributed by atoms with Crippen LogP contribution in [0.15, 0.2) is 23.1 Å². The van der Waals surface area contributed by atoms with Crippen molar-refractivity contribution in [3.8, 4) is 5.75 Å². The molecule has 0 aliphatic carbocycles. The maximum atomic E-state index is 12.2. The number of esters is 1. The standard InChI is InChI=1S/C16H21NO6S2/c1-17(11-6-7-25(20,21)10-11)15(18)9-23-16(19)13-5-4-12(24-3)8-14(13)22-2/h4-5,8,11H,6-7,9-10H2,1-3H3/t11-/m0/s1. The summed E-state index contributed by atoms with van der Waals surface area (Å²) in [4.78, 5) is 26.6. The van der Waals surface area contributed by atoms with Gasteiger partial charge >= 0.3 is 5.97 Å². The molecule has 0 radical (unpaired) electrons. The van der Waals surface area contributed by atoms with Gasteiger partial charge in [-0.15, -0.1) is 11.8 Å². The predicted molar refractivity (Wildman–Crippen MR) is 94.9 cm³/mol. The molecule has 138 valence electrons. The van der Waals surface area contributed by atoms with E-state index in [1.165, 1.54) is 30.8 Å². The summed E-state index contributed by atoms with van der Waals surface area (Å²) >= 11 is 1.51. The Hall–Kier alpha value is -1.74. The molecule has 1 fully saturated rings. The van der Waals surface area contributed by atoms with Crippen LogP contribution in [0.2, 0.25) is 0 Å². The van der Waals surface area contributed by atoms with Crippen molar-refractivity contribution < 1.29 is 27.5 Å². The minimum absolute atomic E-state index is 0.0485. The van der Waals surface area contributed by atoms with Gasteiger partial charge in [0.1, 0.15) is 11.3 Å². The number of thioether (sulfide) groups is 1. The zero-order chi connectivity index (χ0) is 18.6. The molecule has 0 spiro atoms. The summed E-state index contributed by atoms with van der Waals surface area (Å²) in [6.45, 7) is -0.445. The first kappa shape index (κ1) is 19.6. The smallest absolute Gasteiger partial charge is 0.342 e. The molecule has 0 N–H and O–H groups in total. The number of hydrogen-bond acceptors (Lipinski definition) is 7. The number of carbonyl (C=O) groups excluding carboxylic acids is 2. The molecule has 1 saturated heterocycles. The quantitative estimate of drug-likeness (QED) is 0.535. The van der Waals surface area contributed by atoms with Gasteiger partial charge in [-0.3, -0.25) is 4.79 Å². The van der Waals surface area contributed by atoms with E-state index in [9.17, 15) is 18.0 Å². The lowest BCUT2D eigenvalue weighted by molar-refractivity contribution is -0.134. The van der Waals surface area contributed by atoms with E-state index < -0.39 is 28.3 Å². The van der Waals surface area contributed by atoms with Gasteiger partial charge in [0.2, 0.25) is 0 Å². The number of hydrogen-bond donors (Lipinski definition) is 0. The molecule has 1 aromatic rings. The minimum atomic E-state index is -3.08. The molecule has 1 atom stereocenters. The third kappa shape index (κ3) is 4.88. The Morgan fingerprint density at radius 1 is 1.36 bits per heavy atom. The number of ether oxygens (including phenoxy) is 2. The van der Waals surface area contributed by atoms with Gasteiger partial charge in [0, 0.05) is 18.0 Å². The van der Waals surface area contributed by atoms with Crippen LogP contribution in [-0.2, 0) is 19.4 Å². The maximum absolute atomic E-state index is 12.2. The zero-order valence-electron chi connectivity index (χ0n) is 14.4. The van der Waals surface area contributed by atoms with Crippen LogP contribution in [-0.4, -0.2) is 69.8 Å². The third-order valence-corrected chi connectivity index (χ3v) is 6.58. The summed E-state index contributed by atoms with van der Waals surface area (Å²) in [5, 5.41) is 0. The van der Waals surface area contributed by atoms with Crippen molar-refractivity contribution in [2.75, 3.05) is 38.5 Å². The Morgan fingerprint density at radius 2 is 2.08 bits per heavy atom. The van der Waals surface area contributed by atoms with Crippen LogP contribution in [0, 0.1) is 0 Å². The average Bonchev–Trinajstić information content (AvgIpc) is 2.97. The molecule has 0 unspecified atom stereocenters. The van der Waals surface area contributed by atoms with Crippen LogP contribution in [0.1, 0.15) is 16.8 Å². The minimum Gasteiger partial charge on any atom is -0.496 e. The van der Waals surface area contributed by atoms with Gasteiger partial charge in [0.25, 0.3) is 5.91 Å². The van der Waals surface area contributed by atoms with Gasteiger partial charge in [-0.1, -0.05) is 0 Å². The second kappa shape index (κ2) is 8.09. The predicted octanol–water partition coefficient (Wildman–Crippen LogP) is 1.22. The molecule has 1 aromatic carbocycles. The van der Waals surface area contributed by atoms with Crippen molar-refractivity contribution in [3.05, 3.63) is 23.8 Å². The van der Waals surface area contributed by atoms with Crippen LogP contribution < -0.4 is 4.74 Å². The van der Waals surface area contributed by atoms with Crippen molar-refractivity contribution in [1.29, 1.82) is 0 Å². The van der Waals surface area contributed by atoms with E-state index in [1.54, 1.807) is 18.2 Å². The fourth-order valence-corrected chi connectivity index (χ4v) is 4.76. The molecule has 0 bridgehead atoms. The van der Waals surface area contributed by atoms with Gasteiger partial charge < -0.3 is 14.4 Å². The fraction of sp³-hybridized carbons (Fsp3) is 0.500. The first-order chi connectivity index (χ1) is 11.8. The van der Waals surface area contributed by atoms with Crippen molar-refractivity contribution in [3.63, 3.8) is 0 Å². The van der Waals surface area contributed by atoms with Crippen molar-refractivity contribution in [2.24, 2.45) is 0 Å². The van der Waals surface area contributed by atoms with Crippen LogP contribution in [0.4, 0.5) is 0 Å². The summed E-state index contributed by atoms with van der Waals surface area (Å²) in [6.07, 6.45) is 2.31. The highest BCUT2D eigenvalue weighted by atomic mass is 32.2. The van der Waals surface area contributed by atoms with Gasteiger partial charge in [0.15, 0.2) is 16.4 Å². The van der Waals surface area contributed by atoms with Crippen LogP contribution in [0.3, 0.4) is 0 Å². The summed E-state index contributed by atoms with van der Waals surface area (Å²) < 4.78 is 33.3. The fourth-order valence-electron chi connectivity index (χ4n) is 2.56. The Kier molecular flexibility index (Phi) is 6.34. The van der Waals surface area contributed by atoms with E-state index in [1.807, 2.05) is 6.26 Å². The molecule has 2 rings (SSSR count). The molecule has 1 amide bonds. The highest BCUT2D eigenvalue weighted by Crippen LogP contribution is 2.26. The molecular weight excluding hydrogens is 366 g/mol. The number of carbonyl (C=O) groups is 2. The number of methoxy groups -OCH3 is 1. The third-order valence-electron chi connectivity index (χ3n) is 4.10. The Morgan fingerprint density at radius 3 is 2.64 bits per heavy atom. The highest BCUT2D eigenvalue weighted by Gasteiger charge is 2.33. The van der Waals surface area contributed by atoms with Crippen LogP contribution in [0.25, 0.3) is 0 Å². The normalized spacial score (nSPS) is 18.6. The van der Waals surface area contributed by atoms with E-state index in [0.717, 1.165) is 4.90 Å². The van der Waals surface area contributed by atoms with Crippen molar-refractivity contribution >= 4 is 33.5 Å². The molecule has 25 heavy (non-hydrogen) atoms. The molecule has 9 heteroatoms. The van der Waals surface area contributed by atoms with Crippen molar-refractivity contribution in [1.82, 2.24) is 4.90 Å². The van der Waals surface area contributed by atoms with Gasteiger partial charge in [-0.05, 0) is 30.9 Å². The van der Waals surface area contributed by atoms with E-state index >= 15 is 0 Å². The monoisotopic (exact) mass is 387 g/mol. The van der Waals surface area contributed by atoms with E-state index in [2.05, 4.69) is 0 Å². The zero-order valence-corrected chi connectivity index (χ0v) is 16.0. The topological polar surface area (TPSA) is 90.0 Å². The first-order valence-corrected chi connectivity index (χ1v) is 10.7. The summed E-state index contributed by atoms with van der Waals surface area (Å²) in [5.74, 6) is -0.693. The van der Waals surface area contributed by atoms with E-state index in [4.69, 9.17) is 9.47 Å². The Bertz CT molecular complexity index is 762. The van der Waals surface area contributed by atoms with Crippen molar-refractivity contribution in [2.45, 2.75) is 17.4 Å². The highest BCUT2D eigenvalue weighted by molar-refractivity contribution is 7.98. The lowest BCUT2D eigenvalue weighted by atomic mass is 10.2. The molecule has 1 aliphatic heterocycles. The second-order valence-electron chi connectivity index (χ2n) is 5.70. The molecule has 7 nitrogen and oxygen atoms in total. The number of sulfone groups is 1. The van der Waals surface area contributed by atoms with Gasteiger partial charge in [-0.25, -0.2) is 13.2 Å². The lowest BCUT2D eigenvalue weighted by Gasteiger charge is -2.23. The molecule has 1 aliphatic rings. The molecule has 1 heterocycles. The number of benzene rings is 1. The lowest BCUT2D eigenvalue weighted by Crippen LogP contribution is -2.40. The maximum Gasteiger partial charge on any atom is 0.342 e. The van der Waals surface area contributed by atoms with E-state index in [-0.39, 0.29) is 23.1 Å². The van der Waals surface area contributed by atoms with E-state index in [0.29, 0.717) is 12.2 Å². The Balaban J connectivity index is 1.96. The second-order valence-corrected chi connectivity index (χ2v) is 8.81. The largest absolute Gasteiger partial charge is 0.496 e. The first-order valence-electron chi connectivity index (χ1n) is 7.62. The number of rotatable bonds is 6. The Labute approximate surface area is 151 Å². The molecule has 0 saturated carbocycles. The molecular formula is C16H21NO6S2. The summed E-state index contributed by atoms with van der Waals surface area (Å²) in [7, 11) is -0.107. The number of amides is 1. The number of likely N-dealkylation sites (N-methyl/N-ethyl adjacent to an activating group) is 1. The SMILES string of the molecule is COc1cc(SC)ccc1C(=O)OCC(=O)N(C)[C@H]1CCS(=O)(=O)C1. The molecule has 0 aromatic heterocycles. The van der Waals surface area contributed by atoms with Crippen LogP contribution >= 0.6 is 11.8 Å². The average molecular weight is 387 g/mol. The number of nitrogens with zero attached hydrogens (tertiary/aromatic N) is 1. The summed E-state index contributed by atoms with van der Waals surface area (Å²) in [6, 6.07) is 4.70. The summed E-state index contributed by atoms with van der Waals surface area (Å²) in [5.41, 5.74) is 0.235. The van der Waals surface area contributed by atoms with Gasteiger partial charge in [-0.2, -0.15) is 0 Å². The van der Waals surface area contributed by atoms with Crippen LogP contribution in [0.5, 0.6) is 5.75 Å².